The minimum Gasteiger partial charge on any atom is -0.481 e. The predicted octanol–water partition coefficient (Wildman–Crippen LogP) is 1.42. The van der Waals surface area contributed by atoms with Crippen LogP contribution in [-0.2, 0) is 9.59 Å². The second-order valence-corrected chi connectivity index (χ2v) is 4.53. The van der Waals surface area contributed by atoms with Gasteiger partial charge in [0, 0.05) is 13.0 Å². The summed E-state index contributed by atoms with van der Waals surface area (Å²) in [4.78, 5) is 24.0. The molecule has 1 heterocycles. The van der Waals surface area contributed by atoms with Crippen LogP contribution in [-0.4, -0.2) is 34.5 Å². The number of fused-ring (bicyclic) bond motifs is 2. The van der Waals surface area contributed by atoms with Crippen LogP contribution in [0.2, 0.25) is 0 Å². The summed E-state index contributed by atoms with van der Waals surface area (Å²) in [5.74, 6) is -0.353. The normalized spacial score (nSPS) is 26.8. The molecule has 0 aromatic rings. The Kier molecular flexibility index (Phi) is 3.27. The van der Waals surface area contributed by atoms with E-state index < -0.39 is 5.97 Å². The van der Waals surface area contributed by atoms with Crippen molar-refractivity contribution in [1.82, 2.24) is 4.90 Å². The van der Waals surface area contributed by atoms with Crippen molar-refractivity contribution in [3.63, 3.8) is 0 Å². The van der Waals surface area contributed by atoms with E-state index in [9.17, 15) is 9.59 Å². The average Bonchev–Trinajstić information content (AvgIpc) is 2.80. The molecular weight excluding hydrogens is 206 g/mol. The third-order valence-corrected chi connectivity index (χ3v) is 3.35. The van der Waals surface area contributed by atoms with E-state index in [4.69, 9.17) is 5.11 Å². The molecule has 16 heavy (non-hydrogen) atoms. The Morgan fingerprint density at radius 2 is 2.19 bits per heavy atom. The maximum Gasteiger partial charge on any atom is 0.303 e. The second kappa shape index (κ2) is 4.68. The predicted molar refractivity (Wildman–Crippen MR) is 58.9 cm³/mol. The van der Waals surface area contributed by atoms with Crippen molar-refractivity contribution in [2.24, 2.45) is 5.92 Å². The zero-order chi connectivity index (χ0) is 11.5. The number of unbranched alkanes of at least 4 members (excludes halogenated alkanes) is 2. The first-order valence-electron chi connectivity index (χ1n) is 5.89. The standard InChI is InChI=1S/C12H17NO3/c14-11(15)4-2-1-3-7-13-10-6-5-9(8-10)12(13)16/h5-6,9-10H,1-4,7-8H2,(H,14,15). The number of hydrogen-bond acceptors (Lipinski definition) is 2. The second-order valence-electron chi connectivity index (χ2n) is 4.53. The van der Waals surface area contributed by atoms with Gasteiger partial charge in [0.25, 0.3) is 0 Å². The molecule has 1 aliphatic carbocycles. The van der Waals surface area contributed by atoms with Crippen molar-refractivity contribution >= 4 is 11.9 Å². The van der Waals surface area contributed by atoms with Crippen LogP contribution < -0.4 is 0 Å². The van der Waals surface area contributed by atoms with Crippen LogP contribution in [0.5, 0.6) is 0 Å². The monoisotopic (exact) mass is 223 g/mol. The summed E-state index contributed by atoms with van der Waals surface area (Å²) >= 11 is 0. The van der Waals surface area contributed by atoms with Crippen molar-refractivity contribution in [3.8, 4) is 0 Å². The number of carboxylic acid groups (broad SMARTS) is 1. The van der Waals surface area contributed by atoms with Gasteiger partial charge in [0.2, 0.25) is 5.91 Å². The van der Waals surface area contributed by atoms with Crippen LogP contribution in [0.25, 0.3) is 0 Å². The van der Waals surface area contributed by atoms with Gasteiger partial charge in [-0.25, -0.2) is 0 Å². The number of hydrogen-bond donors (Lipinski definition) is 1. The van der Waals surface area contributed by atoms with Gasteiger partial charge in [-0.15, -0.1) is 0 Å². The van der Waals surface area contributed by atoms with Gasteiger partial charge < -0.3 is 10.0 Å². The molecule has 4 nitrogen and oxygen atoms in total. The minimum absolute atomic E-state index is 0.129. The van der Waals surface area contributed by atoms with Crippen molar-refractivity contribution in [2.45, 2.75) is 38.1 Å². The van der Waals surface area contributed by atoms with Crippen LogP contribution in [0.15, 0.2) is 12.2 Å². The number of rotatable bonds is 6. The molecule has 1 aliphatic heterocycles. The lowest BCUT2D eigenvalue weighted by atomic mass is 10.1. The molecule has 2 atom stereocenters. The molecule has 0 radical (unpaired) electrons. The number of carbonyl (C=O) groups is 2. The lowest BCUT2D eigenvalue weighted by molar-refractivity contribution is -0.137. The van der Waals surface area contributed by atoms with Gasteiger partial charge in [-0.3, -0.25) is 9.59 Å². The third-order valence-electron chi connectivity index (χ3n) is 3.35. The SMILES string of the molecule is O=C(O)CCCCCN1C(=O)C2C=CC1C2. The maximum absolute atomic E-state index is 11.7. The van der Waals surface area contributed by atoms with Crippen molar-refractivity contribution in [3.05, 3.63) is 12.2 Å². The molecule has 1 N–H and O–H groups in total. The van der Waals surface area contributed by atoms with Crippen LogP contribution >= 0.6 is 0 Å². The topological polar surface area (TPSA) is 57.6 Å². The van der Waals surface area contributed by atoms with E-state index in [1.165, 1.54) is 0 Å². The maximum atomic E-state index is 11.7. The van der Waals surface area contributed by atoms with E-state index in [-0.39, 0.29) is 18.2 Å². The number of nitrogens with zero attached hydrogens (tertiary/aromatic N) is 1. The fourth-order valence-corrected chi connectivity index (χ4v) is 2.48. The number of amides is 1. The lowest BCUT2D eigenvalue weighted by Crippen LogP contribution is -2.35. The van der Waals surface area contributed by atoms with Gasteiger partial charge in [-0.05, 0) is 19.3 Å². The summed E-state index contributed by atoms with van der Waals surface area (Å²) in [6.45, 7) is 0.782. The molecule has 4 heteroatoms. The summed E-state index contributed by atoms with van der Waals surface area (Å²) in [5, 5.41) is 8.48. The van der Waals surface area contributed by atoms with E-state index in [0.29, 0.717) is 12.5 Å². The molecule has 1 amide bonds. The van der Waals surface area contributed by atoms with E-state index in [1.54, 1.807) is 0 Å². The Bertz CT molecular complexity index is 324. The van der Waals surface area contributed by atoms with E-state index in [2.05, 4.69) is 6.08 Å². The highest BCUT2D eigenvalue weighted by atomic mass is 16.4. The number of carboxylic acids is 1. The van der Waals surface area contributed by atoms with Crippen molar-refractivity contribution in [2.75, 3.05) is 6.54 Å². The molecule has 0 saturated carbocycles. The fourth-order valence-electron chi connectivity index (χ4n) is 2.48. The number of aliphatic carboxylic acids is 1. The summed E-state index contributed by atoms with van der Waals surface area (Å²) in [5.41, 5.74) is 0. The molecule has 0 aromatic heterocycles. The Morgan fingerprint density at radius 3 is 2.81 bits per heavy atom. The van der Waals surface area contributed by atoms with Gasteiger partial charge in [0.15, 0.2) is 0 Å². The van der Waals surface area contributed by atoms with Crippen LogP contribution in [0.3, 0.4) is 0 Å². The van der Waals surface area contributed by atoms with Gasteiger partial charge in [0.05, 0.1) is 12.0 Å². The van der Waals surface area contributed by atoms with E-state index >= 15 is 0 Å². The van der Waals surface area contributed by atoms with E-state index in [0.717, 1.165) is 25.8 Å². The molecule has 2 unspecified atom stereocenters. The Morgan fingerprint density at radius 1 is 1.38 bits per heavy atom. The van der Waals surface area contributed by atoms with Crippen molar-refractivity contribution in [1.29, 1.82) is 0 Å². The lowest BCUT2D eigenvalue weighted by Gasteiger charge is -2.23. The first kappa shape index (κ1) is 11.2. The van der Waals surface area contributed by atoms with Crippen LogP contribution in [0, 0.1) is 5.92 Å². The molecule has 88 valence electrons. The van der Waals surface area contributed by atoms with Crippen LogP contribution in [0.1, 0.15) is 32.1 Å². The molecule has 0 spiro atoms. The largest absolute Gasteiger partial charge is 0.481 e. The molecule has 1 fully saturated rings. The summed E-state index contributed by atoms with van der Waals surface area (Å²) < 4.78 is 0. The first-order valence-corrected chi connectivity index (χ1v) is 5.89. The third kappa shape index (κ3) is 2.26. The minimum atomic E-state index is -0.737. The van der Waals surface area contributed by atoms with Gasteiger partial charge in [0.1, 0.15) is 0 Å². The van der Waals surface area contributed by atoms with Gasteiger partial charge in [-0.2, -0.15) is 0 Å². The van der Waals surface area contributed by atoms with Crippen LogP contribution in [0.4, 0.5) is 0 Å². The summed E-state index contributed by atoms with van der Waals surface area (Å²) in [6.07, 6.45) is 7.82. The van der Waals surface area contributed by atoms with E-state index in [1.807, 2.05) is 11.0 Å². The summed E-state index contributed by atoms with van der Waals surface area (Å²) in [6, 6.07) is 0.317. The fraction of sp³-hybridized carbons (Fsp3) is 0.667. The summed E-state index contributed by atoms with van der Waals surface area (Å²) in [7, 11) is 0. The average molecular weight is 223 g/mol. The zero-order valence-corrected chi connectivity index (χ0v) is 9.26. The van der Waals surface area contributed by atoms with Crippen molar-refractivity contribution < 1.29 is 14.7 Å². The zero-order valence-electron chi connectivity index (χ0n) is 9.26. The highest BCUT2D eigenvalue weighted by molar-refractivity contribution is 5.85. The quantitative estimate of drug-likeness (QED) is 0.547. The number of carbonyl (C=O) groups excluding carboxylic acids is 1. The Balaban J connectivity index is 1.66. The molecule has 2 rings (SSSR count). The smallest absolute Gasteiger partial charge is 0.303 e. The molecule has 2 bridgehead atoms. The Labute approximate surface area is 94.9 Å². The first-order chi connectivity index (χ1) is 7.68. The van der Waals surface area contributed by atoms with Gasteiger partial charge in [-0.1, -0.05) is 18.6 Å². The van der Waals surface area contributed by atoms with Gasteiger partial charge >= 0.3 is 5.97 Å². The highest BCUT2D eigenvalue weighted by Crippen LogP contribution is 2.32. The number of likely N-dealkylation sites (tertiary alicyclic amines) is 1. The molecule has 1 saturated heterocycles. The highest BCUT2D eigenvalue weighted by Gasteiger charge is 2.40. The Hall–Kier alpha value is -1.32. The molecule has 0 aromatic carbocycles. The molecule has 2 aliphatic rings. The molecular formula is C12H17NO3.